The summed E-state index contributed by atoms with van der Waals surface area (Å²) in [6.07, 6.45) is 5.47. The average Bonchev–Trinajstić information content (AvgIpc) is 2.82. The number of rotatable bonds is 1. The molecule has 3 aromatic rings. The van der Waals surface area contributed by atoms with Crippen LogP contribution in [0.4, 0.5) is 0 Å². The summed E-state index contributed by atoms with van der Waals surface area (Å²) in [6.45, 7) is 2.07. The SMILES string of the molecule is Cc1cncc2cccc(-c3ccco3)c12. The van der Waals surface area contributed by atoms with Gasteiger partial charge in [0.05, 0.1) is 6.26 Å². The van der Waals surface area contributed by atoms with E-state index in [2.05, 4.69) is 24.0 Å². The van der Waals surface area contributed by atoms with E-state index in [1.165, 1.54) is 10.9 Å². The van der Waals surface area contributed by atoms with Crippen LogP contribution in [0.2, 0.25) is 0 Å². The molecular weight excluding hydrogens is 198 g/mol. The van der Waals surface area contributed by atoms with E-state index in [0.29, 0.717) is 0 Å². The van der Waals surface area contributed by atoms with Crippen molar-refractivity contribution < 1.29 is 4.42 Å². The van der Waals surface area contributed by atoms with E-state index in [4.69, 9.17) is 4.42 Å². The normalized spacial score (nSPS) is 10.8. The maximum atomic E-state index is 5.46. The molecule has 0 aliphatic heterocycles. The molecule has 0 fully saturated rings. The summed E-state index contributed by atoms with van der Waals surface area (Å²) in [4.78, 5) is 4.20. The van der Waals surface area contributed by atoms with Crippen LogP contribution in [0.25, 0.3) is 22.1 Å². The lowest BCUT2D eigenvalue weighted by Gasteiger charge is -2.06. The van der Waals surface area contributed by atoms with Crippen LogP contribution in [0.15, 0.2) is 53.4 Å². The van der Waals surface area contributed by atoms with Gasteiger partial charge in [-0.25, -0.2) is 0 Å². The molecule has 78 valence electrons. The molecule has 0 saturated heterocycles. The van der Waals surface area contributed by atoms with Crippen molar-refractivity contribution in [1.29, 1.82) is 0 Å². The van der Waals surface area contributed by atoms with Gasteiger partial charge in [-0.2, -0.15) is 0 Å². The van der Waals surface area contributed by atoms with Crippen LogP contribution in [0.1, 0.15) is 5.56 Å². The first-order valence-electron chi connectivity index (χ1n) is 5.23. The van der Waals surface area contributed by atoms with Crippen molar-refractivity contribution in [2.45, 2.75) is 6.92 Å². The highest BCUT2D eigenvalue weighted by Gasteiger charge is 2.07. The lowest BCUT2D eigenvalue weighted by atomic mass is 10.0. The zero-order chi connectivity index (χ0) is 11.0. The fraction of sp³-hybridized carbons (Fsp3) is 0.0714. The van der Waals surface area contributed by atoms with Gasteiger partial charge in [-0.05, 0) is 30.0 Å². The monoisotopic (exact) mass is 209 g/mol. The molecule has 2 aromatic heterocycles. The van der Waals surface area contributed by atoms with E-state index in [1.54, 1.807) is 6.26 Å². The molecule has 0 saturated carbocycles. The first-order valence-corrected chi connectivity index (χ1v) is 5.23. The summed E-state index contributed by atoms with van der Waals surface area (Å²) in [6, 6.07) is 10.1. The molecule has 0 radical (unpaired) electrons. The van der Waals surface area contributed by atoms with Crippen LogP contribution >= 0.6 is 0 Å². The zero-order valence-corrected chi connectivity index (χ0v) is 8.97. The summed E-state index contributed by atoms with van der Waals surface area (Å²) < 4.78 is 5.46. The molecule has 0 bridgehead atoms. The van der Waals surface area contributed by atoms with Crippen LogP contribution in [-0.2, 0) is 0 Å². The summed E-state index contributed by atoms with van der Waals surface area (Å²) in [5.41, 5.74) is 2.30. The number of pyridine rings is 1. The highest BCUT2D eigenvalue weighted by Crippen LogP contribution is 2.30. The molecular formula is C14H11NO. The lowest BCUT2D eigenvalue weighted by molar-refractivity contribution is 0.583. The topological polar surface area (TPSA) is 26.0 Å². The molecule has 2 heteroatoms. The molecule has 2 heterocycles. The molecule has 0 amide bonds. The third-order valence-electron chi connectivity index (χ3n) is 2.76. The largest absolute Gasteiger partial charge is 0.464 e. The number of hydrogen-bond donors (Lipinski definition) is 0. The second kappa shape index (κ2) is 3.49. The molecule has 2 nitrogen and oxygen atoms in total. The van der Waals surface area contributed by atoms with Crippen molar-refractivity contribution in [1.82, 2.24) is 4.98 Å². The third kappa shape index (κ3) is 1.31. The molecule has 0 spiro atoms. The molecule has 16 heavy (non-hydrogen) atoms. The number of hydrogen-bond acceptors (Lipinski definition) is 2. The quantitative estimate of drug-likeness (QED) is 0.609. The number of fused-ring (bicyclic) bond motifs is 1. The van der Waals surface area contributed by atoms with E-state index >= 15 is 0 Å². The Morgan fingerprint density at radius 3 is 2.81 bits per heavy atom. The van der Waals surface area contributed by atoms with Crippen molar-refractivity contribution in [3.8, 4) is 11.3 Å². The fourth-order valence-corrected chi connectivity index (χ4v) is 2.05. The van der Waals surface area contributed by atoms with Gasteiger partial charge in [0.25, 0.3) is 0 Å². The van der Waals surface area contributed by atoms with E-state index in [-0.39, 0.29) is 0 Å². The Morgan fingerprint density at radius 2 is 2.00 bits per heavy atom. The van der Waals surface area contributed by atoms with Gasteiger partial charge in [-0.3, -0.25) is 4.98 Å². The number of furan rings is 1. The molecule has 0 aliphatic rings. The van der Waals surface area contributed by atoms with Crippen LogP contribution in [0, 0.1) is 6.92 Å². The van der Waals surface area contributed by atoms with Gasteiger partial charge in [-0.1, -0.05) is 18.2 Å². The van der Waals surface area contributed by atoms with Gasteiger partial charge < -0.3 is 4.42 Å². The summed E-state index contributed by atoms with van der Waals surface area (Å²) >= 11 is 0. The minimum absolute atomic E-state index is 0.903. The Balaban J connectivity index is 2.41. The van der Waals surface area contributed by atoms with Gasteiger partial charge >= 0.3 is 0 Å². The predicted octanol–water partition coefficient (Wildman–Crippen LogP) is 3.80. The maximum absolute atomic E-state index is 5.46. The van der Waals surface area contributed by atoms with Crippen LogP contribution in [0.5, 0.6) is 0 Å². The predicted molar refractivity (Wildman–Crippen MR) is 64.2 cm³/mol. The minimum atomic E-state index is 0.903. The number of nitrogens with zero attached hydrogens (tertiary/aromatic N) is 1. The highest BCUT2D eigenvalue weighted by molar-refractivity contribution is 5.97. The molecule has 1 aromatic carbocycles. The van der Waals surface area contributed by atoms with Gasteiger partial charge in [-0.15, -0.1) is 0 Å². The zero-order valence-electron chi connectivity index (χ0n) is 8.97. The second-order valence-corrected chi connectivity index (χ2v) is 3.84. The van der Waals surface area contributed by atoms with Crippen LogP contribution in [0.3, 0.4) is 0 Å². The first-order chi connectivity index (χ1) is 7.86. The maximum Gasteiger partial charge on any atom is 0.134 e. The van der Waals surface area contributed by atoms with Gasteiger partial charge in [0, 0.05) is 23.3 Å². The summed E-state index contributed by atoms with van der Waals surface area (Å²) in [7, 11) is 0. The number of aryl methyl sites for hydroxylation is 1. The van der Waals surface area contributed by atoms with Crippen molar-refractivity contribution in [2.75, 3.05) is 0 Å². The number of aromatic nitrogens is 1. The Hall–Kier alpha value is -2.09. The van der Waals surface area contributed by atoms with E-state index in [0.717, 1.165) is 16.7 Å². The Labute approximate surface area is 93.5 Å². The second-order valence-electron chi connectivity index (χ2n) is 3.84. The molecule has 3 rings (SSSR count). The van der Waals surface area contributed by atoms with E-state index < -0.39 is 0 Å². The van der Waals surface area contributed by atoms with Crippen LogP contribution < -0.4 is 0 Å². The smallest absolute Gasteiger partial charge is 0.134 e. The minimum Gasteiger partial charge on any atom is -0.464 e. The molecule has 0 N–H and O–H groups in total. The van der Waals surface area contributed by atoms with Crippen molar-refractivity contribution in [3.63, 3.8) is 0 Å². The Morgan fingerprint density at radius 1 is 1.06 bits per heavy atom. The van der Waals surface area contributed by atoms with Gasteiger partial charge in [0.2, 0.25) is 0 Å². The number of benzene rings is 1. The van der Waals surface area contributed by atoms with Crippen molar-refractivity contribution in [2.24, 2.45) is 0 Å². The molecule has 0 unspecified atom stereocenters. The average molecular weight is 209 g/mol. The van der Waals surface area contributed by atoms with Crippen LogP contribution in [-0.4, -0.2) is 4.98 Å². The highest BCUT2D eigenvalue weighted by atomic mass is 16.3. The third-order valence-corrected chi connectivity index (χ3v) is 2.76. The van der Waals surface area contributed by atoms with E-state index in [1.807, 2.05) is 30.6 Å². The lowest BCUT2D eigenvalue weighted by Crippen LogP contribution is -1.85. The molecule has 0 aliphatic carbocycles. The van der Waals surface area contributed by atoms with Crippen molar-refractivity contribution >= 4 is 10.8 Å². The standard InChI is InChI=1S/C14H11NO/c1-10-8-15-9-11-4-2-5-12(14(10)11)13-6-3-7-16-13/h2-9H,1H3. The Kier molecular flexibility index (Phi) is 2.00. The van der Waals surface area contributed by atoms with Gasteiger partial charge in [0.15, 0.2) is 0 Å². The van der Waals surface area contributed by atoms with Crippen molar-refractivity contribution in [3.05, 3.63) is 54.6 Å². The molecule has 0 atom stereocenters. The summed E-state index contributed by atoms with van der Waals surface area (Å²) in [5, 5.41) is 2.36. The van der Waals surface area contributed by atoms with E-state index in [9.17, 15) is 0 Å². The first kappa shape index (κ1) is 9.16. The Bertz CT molecular complexity index is 621. The van der Waals surface area contributed by atoms with Gasteiger partial charge in [0.1, 0.15) is 5.76 Å². The summed E-state index contributed by atoms with van der Waals surface area (Å²) in [5.74, 6) is 0.903. The fourth-order valence-electron chi connectivity index (χ4n) is 2.05.